The molecule has 3 saturated heterocycles. The van der Waals surface area contributed by atoms with E-state index < -0.39 is 0 Å². The minimum Gasteiger partial charge on any atom is -0.465 e. The van der Waals surface area contributed by atoms with E-state index in [1.807, 2.05) is 6.92 Å². The number of carbonyl (C=O) groups excluding carboxylic acids is 1. The van der Waals surface area contributed by atoms with Crippen molar-refractivity contribution in [2.45, 2.75) is 25.8 Å². The summed E-state index contributed by atoms with van der Waals surface area (Å²) in [4.78, 5) is 13.7. The summed E-state index contributed by atoms with van der Waals surface area (Å²) in [7, 11) is 0. The zero-order chi connectivity index (χ0) is 10.7. The molecule has 86 valence electrons. The first-order valence-corrected chi connectivity index (χ1v) is 5.91. The Balaban J connectivity index is 1.73. The van der Waals surface area contributed by atoms with Crippen molar-refractivity contribution in [3.05, 3.63) is 0 Å². The number of esters is 1. The number of ether oxygens (including phenoxy) is 1. The fraction of sp³-hybridized carbons (Fsp3) is 0.909. The molecule has 0 amide bonds. The Labute approximate surface area is 91.0 Å². The van der Waals surface area contributed by atoms with E-state index in [2.05, 4.69) is 10.2 Å². The molecule has 1 unspecified atom stereocenters. The molecule has 0 aromatic carbocycles. The van der Waals surface area contributed by atoms with E-state index in [1.54, 1.807) is 0 Å². The van der Waals surface area contributed by atoms with Crippen molar-refractivity contribution in [3.8, 4) is 0 Å². The van der Waals surface area contributed by atoms with Crippen LogP contribution in [0.5, 0.6) is 0 Å². The van der Waals surface area contributed by atoms with Crippen LogP contribution in [0.25, 0.3) is 0 Å². The summed E-state index contributed by atoms with van der Waals surface area (Å²) >= 11 is 0. The van der Waals surface area contributed by atoms with E-state index in [1.165, 1.54) is 25.9 Å². The van der Waals surface area contributed by atoms with Gasteiger partial charge in [-0.1, -0.05) is 0 Å². The minimum atomic E-state index is -0.131. The van der Waals surface area contributed by atoms with E-state index in [0.29, 0.717) is 19.2 Å². The van der Waals surface area contributed by atoms with Crippen molar-refractivity contribution in [3.63, 3.8) is 0 Å². The molecule has 3 aliphatic rings. The lowest BCUT2D eigenvalue weighted by Crippen LogP contribution is -2.56. The Morgan fingerprint density at radius 3 is 2.73 bits per heavy atom. The highest BCUT2D eigenvalue weighted by atomic mass is 16.5. The van der Waals surface area contributed by atoms with Gasteiger partial charge < -0.3 is 15.0 Å². The summed E-state index contributed by atoms with van der Waals surface area (Å²) in [5.41, 5.74) is 0. The Morgan fingerprint density at radius 2 is 2.20 bits per heavy atom. The first-order chi connectivity index (χ1) is 7.29. The molecule has 0 aliphatic carbocycles. The largest absolute Gasteiger partial charge is 0.465 e. The molecule has 3 aliphatic heterocycles. The fourth-order valence-electron chi connectivity index (χ4n) is 2.62. The molecule has 1 N–H and O–H groups in total. The molecule has 3 fully saturated rings. The fourth-order valence-corrected chi connectivity index (χ4v) is 2.62. The van der Waals surface area contributed by atoms with Crippen molar-refractivity contribution in [2.24, 2.45) is 5.92 Å². The van der Waals surface area contributed by atoms with E-state index >= 15 is 0 Å². The molecule has 3 heterocycles. The number of nitrogens with one attached hydrogen (secondary N) is 1. The van der Waals surface area contributed by atoms with Crippen molar-refractivity contribution in [2.75, 3.05) is 32.8 Å². The Bertz CT molecular complexity index is 225. The second-order valence-corrected chi connectivity index (χ2v) is 4.43. The summed E-state index contributed by atoms with van der Waals surface area (Å²) in [6.45, 7) is 6.25. The zero-order valence-electron chi connectivity index (χ0n) is 9.37. The van der Waals surface area contributed by atoms with Crippen molar-refractivity contribution in [1.82, 2.24) is 10.2 Å². The lowest BCUT2D eigenvalue weighted by Gasteiger charge is -2.45. The third-order valence-corrected chi connectivity index (χ3v) is 3.47. The lowest BCUT2D eigenvalue weighted by molar-refractivity contribution is -0.142. The summed E-state index contributed by atoms with van der Waals surface area (Å²) in [5, 5.41) is 3.32. The van der Waals surface area contributed by atoms with Crippen LogP contribution in [0, 0.1) is 5.92 Å². The summed E-state index contributed by atoms with van der Waals surface area (Å²) < 4.78 is 4.90. The van der Waals surface area contributed by atoms with Gasteiger partial charge in [-0.2, -0.15) is 0 Å². The number of nitrogens with zero attached hydrogens (tertiary/aromatic N) is 1. The first-order valence-electron chi connectivity index (χ1n) is 5.91. The van der Waals surface area contributed by atoms with E-state index in [0.717, 1.165) is 12.5 Å². The smallest absolute Gasteiger partial charge is 0.319 e. The predicted octanol–water partition coefficient (Wildman–Crippen LogP) is 0.233. The number of fused-ring (bicyclic) bond motifs is 3. The van der Waals surface area contributed by atoms with Crippen LogP contribution in [0.15, 0.2) is 0 Å². The molecular formula is C11H20N2O2. The topological polar surface area (TPSA) is 41.6 Å². The van der Waals surface area contributed by atoms with E-state index in [4.69, 9.17) is 4.74 Å². The molecule has 0 radical (unpaired) electrons. The minimum absolute atomic E-state index is 0.131. The normalized spacial score (nSPS) is 34.1. The van der Waals surface area contributed by atoms with Gasteiger partial charge in [-0.25, -0.2) is 0 Å². The van der Waals surface area contributed by atoms with Gasteiger partial charge in [-0.15, -0.1) is 0 Å². The van der Waals surface area contributed by atoms with Gasteiger partial charge in [0.15, 0.2) is 0 Å². The maximum atomic E-state index is 11.2. The lowest BCUT2D eigenvalue weighted by atomic mass is 9.84. The van der Waals surface area contributed by atoms with E-state index in [-0.39, 0.29) is 5.97 Å². The van der Waals surface area contributed by atoms with Crippen LogP contribution in [0.3, 0.4) is 0 Å². The summed E-state index contributed by atoms with van der Waals surface area (Å²) in [5.74, 6) is 0.637. The highest BCUT2D eigenvalue weighted by Crippen LogP contribution is 2.27. The van der Waals surface area contributed by atoms with Crippen molar-refractivity contribution < 1.29 is 9.53 Å². The molecule has 0 saturated carbocycles. The summed E-state index contributed by atoms with van der Waals surface area (Å²) in [6, 6.07) is 0.497. The number of piperidine rings is 3. The molecule has 2 bridgehead atoms. The number of rotatable bonds is 4. The first kappa shape index (κ1) is 10.9. The highest BCUT2D eigenvalue weighted by Gasteiger charge is 2.33. The molecule has 0 aromatic heterocycles. The van der Waals surface area contributed by atoms with Crippen molar-refractivity contribution >= 4 is 5.97 Å². The predicted molar refractivity (Wildman–Crippen MR) is 57.6 cm³/mol. The average molecular weight is 212 g/mol. The zero-order valence-corrected chi connectivity index (χ0v) is 9.37. The highest BCUT2D eigenvalue weighted by molar-refractivity contribution is 5.71. The summed E-state index contributed by atoms with van der Waals surface area (Å²) in [6.07, 6.45) is 2.56. The van der Waals surface area contributed by atoms with Crippen molar-refractivity contribution in [1.29, 1.82) is 0 Å². The molecule has 1 atom stereocenters. The quantitative estimate of drug-likeness (QED) is 0.678. The van der Waals surface area contributed by atoms with Gasteiger partial charge in [0, 0.05) is 12.6 Å². The maximum absolute atomic E-state index is 11.2. The van der Waals surface area contributed by atoms with Crippen LogP contribution in [-0.4, -0.2) is 49.7 Å². The van der Waals surface area contributed by atoms with Gasteiger partial charge in [0.25, 0.3) is 0 Å². The Morgan fingerprint density at radius 1 is 1.47 bits per heavy atom. The number of carbonyl (C=O) groups is 1. The third kappa shape index (κ3) is 2.69. The van der Waals surface area contributed by atoms with Gasteiger partial charge in [0.1, 0.15) is 0 Å². The second-order valence-electron chi connectivity index (χ2n) is 4.43. The number of hydrogen-bond acceptors (Lipinski definition) is 4. The van der Waals surface area contributed by atoms with Gasteiger partial charge in [-0.05, 0) is 38.8 Å². The monoisotopic (exact) mass is 212 g/mol. The van der Waals surface area contributed by atoms with Gasteiger partial charge in [0.05, 0.1) is 13.2 Å². The van der Waals surface area contributed by atoms with Crippen LogP contribution in [0.2, 0.25) is 0 Å². The molecule has 0 spiro atoms. The Kier molecular flexibility index (Phi) is 3.59. The SMILES string of the molecule is CCOC(=O)CNC1CN2CCC1CC2. The molecule has 4 heteroatoms. The van der Waals surface area contributed by atoms with Gasteiger partial charge in [0.2, 0.25) is 0 Å². The van der Waals surface area contributed by atoms with Gasteiger partial charge >= 0.3 is 5.97 Å². The van der Waals surface area contributed by atoms with Crippen LogP contribution in [0.4, 0.5) is 0 Å². The molecule has 3 rings (SSSR count). The third-order valence-electron chi connectivity index (χ3n) is 3.47. The standard InChI is InChI=1S/C11H20N2O2/c1-2-15-11(14)7-12-10-8-13-5-3-9(10)4-6-13/h9-10,12H,2-8H2,1H3. The van der Waals surface area contributed by atoms with Crippen LogP contribution >= 0.6 is 0 Å². The molecular weight excluding hydrogens is 192 g/mol. The second kappa shape index (κ2) is 4.94. The molecule has 4 nitrogen and oxygen atoms in total. The number of hydrogen-bond donors (Lipinski definition) is 1. The van der Waals surface area contributed by atoms with Crippen LogP contribution in [0.1, 0.15) is 19.8 Å². The van der Waals surface area contributed by atoms with Gasteiger partial charge in [-0.3, -0.25) is 4.79 Å². The van der Waals surface area contributed by atoms with E-state index in [9.17, 15) is 4.79 Å². The van der Waals surface area contributed by atoms with Crippen LogP contribution < -0.4 is 5.32 Å². The molecule has 15 heavy (non-hydrogen) atoms. The maximum Gasteiger partial charge on any atom is 0.319 e. The average Bonchev–Trinajstić information content (AvgIpc) is 2.28. The molecule has 0 aromatic rings. The Hall–Kier alpha value is -0.610. The van der Waals surface area contributed by atoms with Crippen LogP contribution in [-0.2, 0) is 9.53 Å².